The number of aryl methyl sites for hydroxylation is 1. The van der Waals surface area contributed by atoms with Crippen LogP contribution in [0.1, 0.15) is 29.5 Å². The predicted octanol–water partition coefficient (Wildman–Crippen LogP) is 3.04. The Morgan fingerprint density at radius 2 is 1.69 bits per heavy atom. The number of piperidine rings is 1. The number of carbonyl (C=O) groups excluding carboxylic acids is 1. The number of benzene rings is 2. The van der Waals surface area contributed by atoms with Gasteiger partial charge in [0.1, 0.15) is 0 Å². The number of nitrogens with one attached hydrogen (secondary N) is 1. The second-order valence-corrected chi connectivity index (χ2v) is 10.2. The Balaban J connectivity index is 1.25. The standard InChI is InChI=1S/C24H28N4O3S/c1-19-2-4-21(5-3-19)17-32(30,31)28-13-10-22(11-14-28)24(29)26-16-20-6-8-23(9-7-20)27-15-12-25-18-27/h2-9,12,15,18,22H,10-11,13-14,16-17H2,1H3,(H,26,29). The number of sulfonamides is 1. The summed E-state index contributed by atoms with van der Waals surface area (Å²) in [7, 11) is -3.38. The number of carbonyl (C=O) groups is 1. The number of nitrogens with zero attached hydrogens (tertiary/aromatic N) is 3. The lowest BCUT2D eigenvalue weighted by Crippen LogP contribution is -2.43. The molecule has 168 valence electrons. The summed E-state index contributed by atoms with van der Waals surface area (Å²) in [6.07, 6.45) is 6.43. The Labute approximate surface area is 189 Å². The second-order valence-electron chi connectivity index (χ2n) is 8.27. The lowest BCUT2D eigenvalue weighted by atomic mass is 9.97. The molecule has 0 aliphatic carbocycles. The van der Waals surface area contributed by atoms with Crippen LogP contribution in [0.25, 0.3) is 5.69 Å². The third-order valence-corrected chi connectivity index (χ3v) is 7.74. The van der Waals surface area contributed by atoms with Crippen LogP contribution in [-0.2, 0) is 27.1 Å². The molecule has 1 aliphatic rings. The first-order valence-electron chi connectivity index (χ1n) is 10.8. The fourth-order valence-electron chi connectivity index (χ4n) is 3.91. The molecule has 7 nitrogen and oxygen atoms in total. The van der Waals surface area contributed by atoms with Crippen molar-refractivity contribution >= 4 is 15.9 Å². The molecule has 1 saturated heterocycles. The van der Waals surface area contributed by atoms with Gasteiger partial charge in [0.15, 0.2) is 0 Å². The number of imidazole rings is 1. The van der Waals surface area contributed by atoms with Crippen LogP contribution in [0.3, 0.4) is 0 Å². The Morgan fingerprint density at radius 3 is 2.31 bits per heavy atom. The van der Waals surface area contributed by atoms with Crippen molar-refractivity contribution in [3.05, 3.63) is 83.9 Å². The molecule has 8 heteroatoms. The average molecular weight is 453 g/mol. The van der Waals surface area contributed by atoms with Crippen molar-refractivity contribution in [3.8, 4) is 5.69 Å². The minimum atomic E-state index is -3.38. The van der Waals surface area contributed by atoms with Gasteiger partial charge < -0.3 is 9.88 Å². The molecule has 0 atom stereocenters. The molecule has 2 aromatic carbocycles. The third kappa shape index (κ3) is 5.44. The smallest absolute Gasteiger partial charge is 0.223 e. The van der Waals surface area contributed by atoms with Crippen LogP contribution >= 0.6 is 0 Å². The maximum absolute atomic E-state index is 12.8. The number of hydrogen-bond acceptors (Lipinski definition) is 4. The van der Waals surface area contributed by atoms with E-state index in [1.54, 1.807) is 12.5 Å². The minimum Gasteiger partial charge on any atom is -0.352 e. The zero-order valence-electron chi connectivity index (χ0n) is 18.1. The van der Waals surface area contributed by atoms with Gasteiger partial charge in [-0.3, -0.25) is 4.79 Å². The first-order valence-corrected chi connectivity index (χ1v) is 12.4. The number of amides is 1. The van der Waals surface area contributed by atoms with Crippen molar-refractivity contribution in [2.24, 2.45) is 5.92 Å². The quantitative estimate of drug-likeness (QED) is 0.597. The molecule has 0 spiro atoms. The molecule has 0 unspecified atom stereocenters. The Hall–Kier alpha value is -2.97. The van der Waals surface area contributed by atoms with Crippen molar-refractivity contribution < 1.29 is 13.2 Å². The van der Waals surface area contributed by atoms with E-state index in [0.29, 0.717) is 32.5 Å². The topological polar surface area (TPSA) is 84.3 Å². The van der Waals surface area contributed by atoms with Gasteiger partial charge in [-0.2, -0.15) is 0 Å². The highest BCUT2D eigenvalue weighted by atomic mass is 32.2. The molecule has 0 radical (unpaired) electrons. The van der Waals surface area contributed by atoms with Crippen molar-refractivity contribution in [2.75, 3.05) is 13.1 Å². The third-order valence-electron chi connectivity index (χ3n) is 5.89. The molecule has 32 heavy (non-hydrogen) atoms. The zero-order valence-corrected chi connectivity index (χ0v) is 19.0. The van der Waals surface area contributed by atoms with E-state index >= 15 is 0 Å². The average Bonchev–Trinajstić information content (AvgIpc) is 3.34. The summed E-state index contributed by atoms with van der Waals surface area (Å²) in [5, 5.41) is 3.00. The van der Waals surface area contributed by atoms with E-state index in [0.717, 1.165) is 22.4 Å². The van der Waals surface area contributed by atoms with Crippen molar-refractivity contribution in [2.45, 2.75) is 32.1 Å². The highest BCUT2D eigenvalue weighted by Crippen LogP contribution is 2.22. The first kappa shape index (κ1) is 22.2. The number of hydrogen-bond donors (Lipinski definition) is 1. The van der Waals surface area contributed by atoms with Gasteiger partial charge in [0.25, 0.3) is 0 Å². The molecule has 2 heterocycles. The van der Waals surface area contributed by atoms with Gasteiger partial charge >= 0.3 is 0 Å². The summed E-state index contributed by atoms with van der Waals surface area (Å²) in [6.45, 7) is 3.19. The molecule has 1 amide bonds. The number of rotatable bonds is 7. The van der Waals surface area contributed by atoms with E-state index in [1.807, 2.05) is 66.2 Å². The maximum Gasteiger partial charge on any atom is 0.223 e. The number of aromatic nitrogens is 2. The molecule has 1 aromatic heterocycles. The maximum atomic E-state index is 12.8. The van der Waals surface area contributed by atoms with Gasteiger partial charge in [-0.1, -0.05) is 42.0 Å². The van der Waals surface area contributed by atoms with E-state index in [2.05, 4.69) is 10.3 Å². The normalized spacial score (nSPS) is 15.5. The van der Waals surface area contributed by atoms with Gasteiger partial charge in [0.05, 0.1) is 12.1 Å². The monoisotopic (exact) mass is 452 g/mol. The van der Waals surface area contributed by atoms with Crippen LogP contribution in [-0.4, -0.2) is 41.3 Å². The van der Waals surface area contributed by atoms with Crippen LogP contribution in [0, 0.1) is 12.8 Å². The van der Waals surface area contributed by atoms with Crippen LogP contribution in [0.5, 0.6) is 0 Å². The summed E-state index contributed by atoms with van der Waals surface area (Å²) in [6, 6.07) is 15.5. The zero-order chi connectivity index (χ0) is 22.6. The summed E-state index contributed by atoms with van der Waals surface area (Å²) in [5.74, 6) is -0.176. The SMILES string of the molecule is Cc1ccc(CS(=O)(=O)N2CCC(C(=O)NCc3ccc(-n4ccnc4)cc3)CC2)cc1. The molecular weight excluding hydrogens is 424 g/mol. The highest BCUT2D eigenvalue weighted by Gasteiger charge is 2.31. The van der Waals surface area contributed by atoms with Gasteiger partial charge in [-0.15, -0.1) is 0 Å². The molecular formula is C24H28N4O3S. The summed E-state index contributed by atoms with van der Waals surface area (Å²) in [4.78, 5) is 16.7. The van der Waals surface area contributed by atoms with E-state index in [-0.39, 0.29) is 17.6 Å². The van der Waals surface area contributed by atoms with Crippen LogP contribution < -0.4 is 5.32 Å². The van der Waals surface area contributed by atoms with Crippen molar-refractivity contribution in [1.29, 1.82) is 0 Å². The van der Waals surface area contributed by atoms with Crippen LogP contribution in [0.15, 0.2) is 67.3 Å². The predicted molar refractivity (Wildman–Crippen MR) is 124 cm³/mol. The first-order chi connectivity index (χ1) is 15.4. The van der Waals surface area contributed by atoms with E-state index in [1.165, 1.54) is 4.31 Å². The van der Waals surface area contributed by atoms with Crippen molar-refractivity contribution in [3.63, 3.8) is 0 Å². The van der Waals surface area contributed by atoms with Gasteiger partial charge in [-0.05, 0) is 43.0 Å². The molecule has 0 bridgehead atoms. The summed E-state index contributed by atoms with van der Waals surface area (Å²) < 4.78 is 29.0. The lowest BCUT2D eigenvalue weighted by Gasteiger charge is -2.30. The van der Waals surface area contributed by atoms with Crippen LogP contribution in [0.2, 0.25) is 0 Å². The van der Waals surface area contributed by atoms with E-state index < -0.39 is 10.0 Å². The molecule has 1 N–H and O–H groups in total. The highest BCUT2D eigenvalue weighted by molar-refractivity contribution is 7.88. The molecule has 1 fully saturated rings. The largest absolute Gasteiger partial charge is 0.352 e. The van der Waals surface area contributed by atoms with Gasteiger partial charge in [0, 0.05) is 43.6 Å². The van der Waals surface area contributed by atoms with Gasteiger partial charge in [0.2, 0.25) is 15.9 Å². The summed E-state index contributed by atoms with van der Waals surface area (Å²) >= 11 is 0. The van der Waals surface area contributed by atoms with Crippen LogP contribution in [0.4, 0.5) is 0 Å². The van der Waals surface area contributed by atoms with Crippen molar-refractivity contribution in [1.82, 2.24) is 19.2 Å². The Morgan fingerprint density at radius 1 is 1.03 bits per heavy atom. The Kier molecular flexibility index (Phi) is 6.72. The molecule has 1 aliphatic heterocycles. The minimum absolute atomic E-state index is 0.000782. The van der Waals surface area contributed by atoms with Gasteiger partial charge in [-0.25, -0.2) is 17.7 Å². The Bertz CT molecular complexity index is 1130. The molecule has 3 aromatic rings. The molecule has 0 saturated carbocycles. The summed E-state index contributed by atoms with van der Waals surface area (Å²) in [5.41, 5.74) is 3.92. The van der Waals surface area contributed by atoms with E-state index in [9.17, 15) is 13.2 Å². The lowest BCUT2D eigenvalue weighted by molar-refractivity contribution is -0.126. The fourth-order valence-corrected chi connectivity index (χ4v) is 5.48. The second kappa shape index (κ2) is 9.67. The van der Waals surface area contributed by atoms with E-state index in [4.69, 9.17) is 0 Å². The molecule has 4 rings (SSSR count). The fraction of sp³-hybridized carbons (Fsp3) is 0.333.